The number of hydrogen-bond acceptors (Lipinski definition) is 6. The number of alkyl halides is 3. The first-order valence-electron chi connectivity index (χ1n) is 11.7. The van der Waals surface area contributed by atoms with Crippen LogP contribution in [0.5, 0.6) is 0 Å². The molecular weight excluding hydrogens is 522 g/mol. The molecule has 0 aliphatic rings. The first kappa shape index (κ1) is 27.4. The number of nitrogens with one attached hydrogen (secondary N) is 1. The second kappa shape index (κ2) is 10.6. The minimum atomic E-state index is -4.56. The molecule has 38 heavy (non-hydrogen) atoms. The van der Waals surface area contributed by atoms with Crippen LogP contribution < -0.4 is 5.32 Å². The van der Waals surface area contributed by atoms with Crippen LogP contribution in [-0.2, 0) is 12.6 Å². The van der Waals surface area contributed by atoms with E-state index in [1.807, 2.05) is 39.0 Å². The van der Waals surface area contributed by atoms with Crippen molar-refractivity contribution in [3.63, 3.8) is 0 Å². The molecule has 4 aromatic rings. The minimum Gasteiger partial charge on any atom is -0.465 e. The number of halogens is 4. The van der Waals surface area contributed by atoms with Crippen LogP contribution in [0.25, 0.3) is 21.3 Å². The second-order valence-electron chi connectivity index (χ2n) is 10.1. The Hall–Kier alpha value is -3.67. The molecule has 0 bridgehead atoms. The number of carboxylic acid groups (broad SMARTS) is 1. The molecule has 0 radical (unpaired) electrons. The Kier molecular flexibility index (Phi) is 7.63. The molecular formula is C26H25F4N5O2S. The van der Waals surface area contributed by atoms with Gasteiger partial charge in [-0.1, -0.05) is 50.3 Å². The molecule has 3 heterocycles. The van der Waals surface area contributed by atoms with Crippen molar-refractivity contribution in [1.29, 1.82) is 0 Å². The van der Waals surface area contributed by atoms with Crippen molar-refractivity contribution in [2.24, 2.45) is 5.41 Å². The van der Waals surface area contributed by atoms with E-state index in [1.165, 1.54) is 29.7 Å². The number of amides is 1. The Morgan fingerprint density at radius 2 is 1.79 bits per heavy atom. The molecule has 0 aliphatic heterocycles. The van der Waals surface area contributed by atoms with Gasteiger partial charge in [-0.25, -0.2) is 9.78 Å². The van der Waals surface area contributed by atoms with Gasteiger partial charge in [-0.05, 0) is 41.3 Å². The van der Waals surface area contributed by atoms with Gasteiger partial charge in [0.1, 0.15) is 15.7 Å². The summed E-state index contributed by atoms with van der Waals surface area (Å²) in [6, 6.07) is 8.41. The predicted octanol–water partition coefficient (Wildman–Crippen LogP) is 6.70. The number of benzene rings is 1. The van der Waals surface area contributed by atoms with Crippen LogP contribution in [0, 0.1) is 11.4 Å². The molecule has 2 atom stereocenters. The highest BCUT2D eigenvalue weighted by Crippen LogP contribution is 2.42. The summed E-state index contributed by atoms with van der Waals surface area (Å²) in [6.45, 7) is 6.01. The molecule has 1 amide bonds. The Labute approximate surface area is 220 Å². The van der Waals surface area contributed by atoms with Gasteiger partial charge < -0.3 is 10.4 Å². The van der Waals surface area contributed by atoms with Gasteiger partial charge in [-0.15, -0.1) is 10.2 Å². The van der Waals surface area contributed by atoms with Crippen molar-refractivity contribution < 1.29 is 27.5 Å². The largest absolute Gasteiger partial charge is 0.465 e. The van der Waals surface area contributed by atoms with Crippen molar-refractivity contribution in [3.8, 4) is 10.6 Å². The van der Waals surface area contributed by atoms with Gasteiger partial charge in [0.2, 0.25) is 5.95 Å². The maximum Gasteiger partial charge on any atom is 0.433 e. The first-order chi connectivity index (χ1) is 17.8. The van der Waals surface area contributed by atoms with Crippen LogP contribution in [0.4, 0.5) is 22.4 Å². The highest BCUT2D eigenvalue weighted by molar-refractivity contribution is 7.14. The number of nitrogens with zero attached hydrogens (tertiary/aromatic N) is 4. The summed E-state index contributed by atoms with van der Waals surface area (Å²) in [5, 5.41) is 23.4. The van der Waals surface area contributed by atoms with Gasteiger partial charge in [0.15, 0.2) is 0 Å². The van der Waals surface area contributed by atoms with E-state index in [0.29, 0.717) is 27.4 Å². The maximum atomic E-state index is 13.6. The normalized spacial score (nSPS) is 13.9. The van der Waals surface area contributed by atoms with E-state index < -0.39 is 30.0 Å². The SMILES string of the molecule is CC(C)(C)[C@@H](CC(Cc1ccc(C(F)(F)F)nc1)NC(=O)O)c1nnc(-c2ccc3cnc(F)cc3c2)s1. The Bertz CT molecular complexity index is 1430. The number of fused-ring (bicyclic) bond motifs is 1. The van der Waals surface area contributed by atoms with Gasteiger partial charge in [0.05, 0.1) is 0 Å². The monoisotopic (exact) mass is 547 g/mol. The van der Waals surface area contributed by atoms with Crippen LogP contribution in [0.3, 0.4) is 0 Å². The summed E-state index contributed by atoms with van der Waals surface area (Å²) < 4.78 is 52.3. The summed E-state index contributed by atoms with van der Waals surface area (Å²) in [4.78, 5) is 18.7. The lowest BCUT2D eigenvalue weighted by Gasteiger charge is -2.32. The van der Waals surface area contributed by atoms with E-state index >= 15 is 0 Å². The van der Waals surface area contributed by atoms with Crippen molar-refractivity contribution in [2.75, 3.05) is 0 Å². The standard InChI is InChI=1S/C26H25F4N5O2S/c1-25(2,3)19(11-18(33-24(36)37)8-14-4-7-20(31-12-14)26(28,29)30)23-35-34-22(38-23)15-5-6-16-13-32-21(27)10-17(16)9-15/h4-7,9-10,12-13,18-19,33H,8,11H2,1-3H3,(H,36,37)/t18?,19-/m0/s1. The molecule has 7 nitrogen and oxygen atoms in total. The summed E-state index contributed by atoms with van der Waals surface area (Å²) >= 11 is 1.36. The van der Waals surface area contributed by atoms with Gasteiger partial charge in [-0.3, -0.25) is 4.98 Å². The van der Waals surface area contributed by atoms with E-state index in [9.17, 15) is 27.5 Å². The van der Waals surface area contributed by atoms with Crippen LogP contribution in [0.2, 0.25) is 0 Å². The molecule has 0 saturated carbocycles. The zero-order chi connectivity index (χ0) is 27.7. The molecule has 0 aliphatic carbocycles. The molecule has 1 unspecified atom stereocenters. The summed E-state index contributed by atoms with van der Waals surface area (Å²) in [5.41, 5.74) is -0.118. The average molecular weight is 548 g/mol. The van der Waals surface area contributed by atoms with Crippen molar-refractivity contribution in [2.45, 2.75) is 51.7 Å². The predicted molar refractivity (Wildman–Crippen MR) is 135 cm³/mol. The fraction of sp³-hybridized carbons (Fsp3) is 0.346. The maximum absolute atomic E-state index is 13.6. The van der Waals surface area contributed by atoms with Crippen LogP contribution in [-0.4, -0.2) is 37.4 Å². The molecule has 3 aromatic heterocycles. The smallest absolute Gasteiger partial charge is 0.433 e. The van der Waals surface area contributed by atoms with E-state index in [-0.39, 0.29) is 17.8 Å². The average Bonchev–Trinajstić information content (AvgIpc) is 3.30. The number of carbonyl (C=O) groups is 1. The fourth-order valence-electron chi connectivity index (χ4n) is 4.21. The van der Waals surface area contributed by atoms with Gasteiger partial charge in [0.25, 0.3) is 0 Å². The van der Waals surface area contributed by atoms with E-state index in [1.54, 1.807) is 0 Å². The van der Waals surface area contributed by atoms with Gasteiger partial charge in [-0.2, -0.15) is 17.6 Å². The Morgan fingerprint density at radius 1 is 1.03 bits per heavy atom. The van der Waals surface area contributed by atoms with Crippen LogP contribution in [0.15, 0.2) is 48.8 Å². The summed E-state index contributed by atoms with van der Waals surface area (Å²) in [7, 11) is 0. The molecule has 0 saturated heterocycles. The lowest BCUT2D eigenvalue weighted by atomic mass is 9.77. The molecule has 1 aromatic carbocycles. The third-order valence-electron chi connectivity index (χ3n) is 6.16. The quantitative estimate of drug-likeness (QED) is 0.197. The summed E-state index contributed by atoms with van der Waals surface area (Å²) in [5.74, 6) is -0.810. The minimum absolute atomic E-state index is 0.153. The third-order valence-corrected chi connectivity index (χ3v) is 7.25. The molecule has 0 spiro atoms. The first-order valence-corrected chi connectivity index (χ1v) is 12.5. The Balaban J connectivity index is 1.60. The zero-order valence-corrected chi connectivity index (χ0v) is 21.6. The van der Waals surface area contributed by atoms with Crippen molar-refractivity contribution in [1.82, 2.24) is 25.5 Å². The van der Waals surface area contributed by atoms with Crippen molar-refractivity contribution >= 4 is 28.2 Å². The fourth-order valence-corrected chi connectivity index (χ4v) is 5.41. The number of hydrogen-bond donors (Lipinski definition) is 2. The second-order valence-corrected chi connectivity index (χ2v) is 11.1. The van der Waals surface area contributed by atoms with Gasteiger partial charge >= 0.3 is 12.3 Å². The lowest BCUT2D eigenvalue weighted by Crippen LogP contribution is -2.38. The van der Waals surface area contributed by atoms with Gasteiger partial charge in [0, 0.05) is 41.4 Å². The van der Waals surface area contributed by atoms with Crippen molar-refractivity contribution in [3.05, 3.63) is 71.0 Å². The van der Waals surface area contributed by atoms with E-state index in [2.05, 4.69) is 25.5 Å². The van der Waals surface area contributed by atoms with Crippen LogP contribution >= 0.6 is 11.3 Å². The molecule has 4 rings (SSSR count). The number of pyridine rings is 2. The molecule has 2 N–H and O–H groups in total. The topological polar surface area (TPSA) is 101 Å². The van der Waals surface area contributed by atoms with E-state index in [4.69, 9.17) is 0 Å². The summed E-state index contributed by atoms with van der Waals surface area (Å²) in [6.07, 6.45) is -2.73. The zero-order valence-electron chi connectivity index (χ0n) is 20.8. The Morgan fingerprint density at radius 3 is 2.42 bits per heavy atom. The lowest BCUT2D eigenvalue weighted by molar-refractivity contribution is -0.141. The number of rotatable bonds is 7. The molecule has 200 valence electrons. The van der Waals surface area contributed by atoms with E-state index in [0.717, 1.165) is 23.2 Å². The number of aromatic nitrogens is 4. The highest BCUT2D eigenvalue weighted by atomic mass is 32.1. The molecule has 12 heteroatoms. The van der Waals surface area contributed by atoms with Crippen LogP contribution in [0.1, 0.15) is 49.4 Å². The third kappa shape index (κ3) is 6.60. The highest BCUT2D eigenvalue weighted by Gasteiger charge is 2.34. The molecule has 0 fully saturated rings.